The van der Waals surface area contributed by atoms with E-state index in [0.717, 1.165) is 32.0 Å². The molecule has 0 saturated carbocycles. The lowest BCUT2D eigenvalue weighted by Gasteiger charge is -2.30. The summed E-state index contributed by atoms with van der Waals surface area (Å²) in [4.78, 5) is 14.6. The lowest BCUT2D eigenvalue weighted by Crippen LogP contribution is -2.36. The predicted octanol–water partition coefficient (Wildman–Crippen LogP) is 2.48. The first-order valence-electron chi connectivity index (χ1n) is 10.4. The molecule has 0 spiro atoms. The maximum Gasteiger partial charge on any atom is 0.232 e. The average molecular weight is 426 g/mol. The quantitative estimate of drug-likeness (QED) is 0.551. The van der Waals surface area contributed by atoms with Gasteiger partial charge in [-0.25, -0.2) is 8.42 Å². The van der Waals surface area contributed by atoms with E-state index in [4.69, 9.17) is 4.74 Å². The van der Waals surface area contributed by atoms with Gasteiger partial charge < -0.3 is 15.0 Å². The monoisotopic (exact) mass is 425 g/mol. The van der Waals surface area contributed by atoms with Crippen LogP contribution in [0.4, 0.5) is 5.69 Å². The minimum atomic E-state index is -3.47. The molecule has 1 fully saturated rings. The Morgan fingerprint density at radius 3 is 2.76 bits per heavy atom. The molecule has 1 saturated heterocycles. The summed E-state index contributed by atoms with van der Waals surface area (Å²) in [5, 5.41) is 2.95. The van der Waals surface area contributed by atoms with Crippen molar-refractivity contribution in [2.24, 2.45) is 5.92 Å². The van der Waals surface area contributed by atoms with Crippen molar-refractivity contribution in [1.82, 2.24) is 10.2 Å². The number of hydrogen-bond acceptors (Lipinski definition) is 5. The summed E-state index contributed by atoms with van der Waals surface area (Å²) >= 11 is 0. The minimum absolute atomic E-state index is 0.0366. The summed E-state index contributed by atoms with van der Waals surface area (Å²) in [5.41, 5.74) is 0.494. The highest BCUT2D eigenvalue weighted by atomic mass is 32.2. The van der Waals surface area contributed by atoms with Gasteiger partial charge in [0.05, 0.1) is 19.1 Å². The molecule has 1 heterocycles. The van der Waals surface area contributed by atoms with Crippen LogP contribution >= 0.6 is 0 Å². The molecule has 0 aromatic heterocycles. The molecule has 1 N–H and O–H groups in total. The Bertz CT molecular complexity index is 754. The molecule has 1 aromatic carbocycles. The summed E-state index contributed by atoms with van der Waals surface area (Å²) in [6, 6.07) is 7.00. The van der Waals surface area contributed by atoms with Crippen LogP contribution in [-0.4, -0.2) is 65.3 Å². The molecule has 164 valence electrons. The zero-order chi connectivity index (χ0) is 21.3. The van der Waals surface area contributed by atoms with Crippen LogP contribution < -0.4 is 14.4 Å². The van der Waals surface area contributed by atoms with Gasteiger partial charge in [-0.05, 0) is 56.8 Å². The van der Waals surface area contributed by atoms with Crippen molar-refractivity contribution in [3.8, 4) is 5.75 Å². The highest BCUT2D eigenvalue weighted by molar-refractivity contribution is 7.92. The number of carbonyl (C=O) groups excluding carboxylic acids is 1. The van der Waals surface area contributed by atoms with Crippen molar-refractivity contribution in [1.29, 1.82) is 0 Å². The standard InChI is InChI=1S/C21H35N3O4S/c1-18-9-6-14-23(17-18)15-8-13-22-21(25)12-7-16-24(29(3,26)27)19-10-4-5-11-20(19)28-2/h4-5,10-11,18H,6-9,12-17H2,1-3H3,(H,22,25)/t18-/m0/s1. The number of rotatable bonds is 11. The van der Waals surface area contributed by atoms with Gasteiger partial charge in [-0.2, -0.15) is 0 Å². The second kappa shape index (κ2) is 11.4. The van der Waals surface area contributed by atoms with Crippen LogP contribution in [0.1, 0.15) is 39.0 Å². The maximum absolute atomic E-state index is 12.2. The normalized spacial score (nSPS) is 17.7. The second-order valence-corrected chi connectivity index (χ2v) is 9.77. The van der Waals surface area contributed by atoms with Gasteiger partial charge in [0, 0.05) is 26.1 Å². The fraction of sp³-hybridized carbons (Fsp3) is 0.667. The van der Waals surface area contributed by atoms with Crippen LogP contribution in [0.15, 0.2) is 24.3 Å². The Morgan fingerprint density at radius 1 is 1.31 bits per heavy atom. The van der Waals surface area contributed by atoms with E-state index in [0.29, 0.717) is 30.8 Å². The zero-order valence-electron chi connectivity index (χ0n) is 17.9. The van der Waals surface area contributed by atoms with Crippen LogP contribution in [0.5, 0.6) is 5.75 Å². The Morgan fingerprint density at radius 2 is 2.07 bits per heavy atom. The molecule has 0 aliphatic carbocycles. The topological polar surface area (TPSA) is 79.0 Å². The number of para-hydroxylation sites is 2. The smallest absolute Gasteiger partial charge is 0.232 e. The van der Waals surface area contributed by atoms with Gasteiger partial charge in [0.2, 0.25) is 15.9 Å². The number of anilines is 1. The van der Waals surface area contributed by atoms with E-state index in [2.05, 4.69) is 17.1 Å². The number of nitrogens with zero attached hydrogens (tertiary/aromatic N) is 2. The summed E-state index contributed by atoms with van der Waals surface area (Å²) in [7, 11) is -1.96. The molecule has 0 radical (unpaired) electrons. The summed E-state index contributed by atoms with van der Waals surface area (Å²) in [5.74, 6) is 1.22. The summed E-state index contributed by atoms with van der Waals surface area (Å²) < 4.78 is 31.0. The Kier molecular flexibility index (Phi) is 9.23. The van der Waals surface area contributed by atoms with Crippen molar-refractivity contribution in [2.45, 2.75) is 39.0 Å². The summed E-state index contributed by atoms with van der Waals surface area (Å²) in [6.45, 7) is 6.50. The average Bonchev–Trinajstić information content (AvgIpc) is 2.68. The van der Waals surface area contributed by atoms with Crippen LogP contribution in [0.25, 0.3) is 0 Å². The fourth-order valence-electron chi connectivity index (χ4n) is 3.79. The highest BCUT2D eigenvalue weighted by Crippen LogP contribution is 2.29. The number of sulfonamides is 1. The van der Waals surface area contributed by atoms with Crippen LogP contribution in [0.2, 0.25) is 0 Å². The summed E-state index contributed by atoms with van der Waals surface area (Å²) in [6.07, 6.45) is 5.42. The van der Waals surface area contributed by atoms with Crippen molar-refractivity contribution < 1.29 is 17.9 Å². The second-order valence-electron chi connectivity index (χ2n) is 7.86. The largest absolute Gasteiger partial charge is 0.495 e. The Labute approximate surface area is 175 Å². The van der Waals surface area contributed by atoms with Gasteiger partial charge in [0.1, 0.15) is 5.75 Å². The molecule has 1 aliphatic rings. The van der Waals surface area contributed by atoms with E-state index >= 15 is 0 Å². The molecule has 1 aliphatic heterocycles. The number of ether oxygens (including phenoxy) is 1. The minimum Gasteiger partial charge on any atom is -0.495 e. The van der Waals surface area contributed by atoms with E-state index in [-0.39, 0.29) is 12.5 Å². The Balaban J connectivity index is 1.74. The number of amides is 1. The number of likely N-dealkylation sites (tertiary alicyclic amines) is 1. The molecular weight excluding hydrogens is 390 g/mol. The molecule has 0 unspecified atom stereocenters. The number of nitrogens with one attached hydrogen (secondary N) is 1. The van der Waals surface area contributed by atoms with Gasteiger partial charge in [-0.1, -0.05) is 19.1 Å². The van der Waals surface area contributed by atoms with E-state index in [1.807, 2.05) is 0 Å². The van der Waals surface area contributed by atoms with Gasteiger partial charge >= 0.3 is 0 Å². The van der Waals surface area contributed by atoms with E-state index in [1.54, 1.807) is 24.3 Å². The van der Waals surface area contributed by atoms with Gasteiger partial charge in [0.25, 0.3) is 0 Å². The predicted molar refractivity (Wildman–Crippen MR) is 117 cm³/mol. The molecular formula is C21H35N3O4S. The molecule has 2 rings (SSSR count). The van der Waals surface area contributed by atoms with Gasteiger partial charge in [0.15, 0.2) is 0 Å². The first-order valence-corrected chi connectivity index (χ1v) is 12.3. The molecule has 29 heavy (non-hydrogen) atoms. The van der Waals surface area contributed by atoms with E-state index < -0.39 is 10.0 Å². The van der Waals surface area contributed by atoms with E-state index in [1.165, 1.54) is 30.5 Å². The number of methoxy groups -OCH3 is 1. The molecule has 0 bridgehead atoms. The number of piperidine rings is 1. The van der Waals surface area contributed by atoms with Gasteiger partial charge in [-0.3, -0.25) is 9.10 Å². The van der Waals surface area contributed by atoms with Crippen molar-refractivity contribution >= 4 is 21.6 Å². The molecule has 7 nitrogen and oxygen atoms in total. The molecule has 8 heteroatoms. The van der Waals surface area contributed by atoms with Gasteiger partial charge in [-0.15, -0.1) is 0 Å². The number of benzene rings is 1. The SMILES string of the molecule is COc1ccccc1N(CCCC(=O)NCCCN1CCC[C@H](C)C1)S(C)(=O)=O. The van der Waals surface area contributed by atoms with Crippen molar-refractivity contribution in [2.75, 3.05) is 50.4 Å². The third-order valence-electron chi connectivity index (χ3n) is 5.23. The van der Waals surface area contributed by atoms with Crippen LogP contribution in [0, 0.1) is 5.92 Å². The molecule has 1 atom stereocenters. The lowest BCUT2D eigenvalue weighted by molar-refractivity contribution is -0.121. The van der Waals surface area contributed by atoms with Crippen LogP contribution in [-0.2, 0) is 14.8 Å². The first kappa shape index (κ1) is 23.5. The van der Waals surface area contributed by atoms with Crippen LogP contribution in [0.3, 0.4) is 0 Å². The highest BCUT2D eigenvalue weighted by Gasteiger charge is 2.21. The number of carbonyl (C=O) groups is 1. The molecule has 1 amide bonds. The number of hydrogen-bond donors (Lipinski definition) is 1. The fourth-order valence-corrected chi connectivity index (χ4v) is 4.76. The maximum atomic E-state index is 12.2. The first-order chi connectivity index (χ1) is 13.8. The zero-order valence-corrected chi connectivity index (χ0v) is 18.7. The third-order valence-corrected chi connectivity index (χ3v) is 6.41. The lowest BCUT2D eigenvalue weighted by atomic mass is 10.0. The Hall–Kier alpha value is -1.80. The molecule has 1 aromatic rings. The van der Waals surface area contributed by atoms with Crippen molar-refractivity contribution in [3.05, 3.63) is 24.3 Å². The van der Waals surface area contributed by atoms with Crippen molar-refractivity contribution in [3.63, 3.8) is 0 Å². The van der Waals surface area contributed by atoms with E-state index in [9.17, 15) is 13.2 Å². The third kappa shape index (κ3) is 7.85.